The molecule has 1 fully saturated rings. The fraction of sp³-hybridized carbons (Fsp3) is 0.474. The van der Waals surface area contributed by atoms with E-state index in [2.05, 4.69) is 49.7 Å². The lowest BCUT2D eigenvalue weighted by Crippen LogP contribution is -2.36. The zero-order valence-corrected chi connectivity index (χ0v) is 15.8. The summed E-state index contributed by atoms with van der Waals surface area (Å²) in [4.78, 5) is 0. The number of nitrogens with two attached hydrogens (primary N) is 1. The number of nitrogens with zero attached hydrogens (tertiary/aromatic N) is 3. The van der Waals surface area contributed by atoms with Crippen LogP contribution in [0.4, 0.5) is 0 Å². The van der Waals surface area contributed by atoms with E-state index in [1.807, 2.05) is 0 Å². The quantitative estimate of drug-likeness (QED) is 0.636. The first-order chi connectivity index (χ1) is 12.7. The normalized spacial score (nSPS) is 19.8. The molecule has 2 aromatic heterocycles. The highest BCUT2D eigenvalue weighted by molar-refractivity contribution is 7.17. The van der Waals surface area contributed by atoms with Crippen molar-refractivity contribution in [2.24, 2.45) is 5.73 Å². The Morgan fingerprint density at radius 2 is 2.15 bits per heavy atom. The van der Waals surface area contributed by atoms with Gasteiger partial charge >= 0.3 is 0 Å². The van der Waals surface area contributed by atoms with Gasteiger partial charge in [-0.2, -0.15) is 0 Å². The zero-order chi connectivity index (χ0) is 17.9. The summed E-state index contributed by atoms with van der Waals surface area (Å²) in [5.74, 6) is 2.46. The highest BCUT2D eigenvalue weighted by Gasteiger charge is 2.32. The van der Waals surface area contributed by atoms with Gasteiger partial charge in [0.2, 0.25) is 0 Å². The molecule has 1 aromatic carbocycles. The Hall–Kier alpha value is -1.80. The van der Waals surface area contributed by atoms with E-state index in [9.17, 15) is 0 Å². The molecule has 6 nitrogen and oxygen atoms in total. The molecule has 0 aliphatic heterocycles. The molecule has 0 amide bonds. The second-order valence-corrected chi connectivity index (χ2v) is 7.89. The lowest BCUT2D eigenvalue weighted by atomic mass is 9.80. The van der Waals surface area contributed by atoms with E-state index in [0.717, 1.165) is 37.6 Å². The first-order valence-electron chi connectivity index (χ1n) is 9.08. The van der Waals surface area contributed by atoms with Crippen LogP contribution in [0.1, 0.15) is 36.0 Å². The van der Waals surface area contributed by atoms with Crippen molar-refractivity contribution < 1.29 is 4.74 Å². The summed E-state index contributed by atoms with van der Waals surface area (Å²) in [5.41, 5.74) is 7.23. The fourth-order valence-electron chi connectivity index (χ4n) is 3.53. The van der Waals surface area contributed by atoms with Crippen LogP contribution < -0.4 is 11.1 Å². The number of rotatable bonds is 8. The number of thiophene rings is 1. The predicted molar refractivity (Wildman–Crippen MR) is 104 cm³/mol. The van der Waals surface area contributed by atoms with E-state index in [1.165, 1.54) is 15.6 Å². The number of fused-ring (bicyclic) bond motifs is 1. The summed E-state index contributed by atoms with van der Waals surface area (Å²) >= 11 is 1.78. The summed E-state index contributed by atoms with van der Waals surface area (Å²) in [7, 11) is 1.72. The maximum absolute atomic E-state index is 5.95. The highest BCUT2D eigenvalue weighted by Crippen LogP contribution is 2.34. The number of methoxy groups -OCH3 is 1. The molecule has 1 saturated carbocycles. The van der Waals surface area contributed by atoms with Crippen molar-refractivity contribution in [2.45, 2.75) is 44.4 Å². The molecule has 0 saturated heterocycles. The van der Waals surface area contributed by atoms with Crippen LogP contribution in [-0.2, 0) is 24.4 Å². The number of benzene rings is 1. The third-order valence-electron chi connectivity index (χ3n) is 5.04. The van der Waals surface area contributed by atoms with E-state index >= 15 is 0 Å². The molecule has 0 unspecified atom stereocenters. The number of ether oxygens (including phenoxy) is 1. The number of nitrogens with one attached hydrogen (secondary N) is 1. The SMILES string of the molecule is COCCn1c(CNCc2ccc3sccc3c2)nnc1C1CC(N)C1. The minimum Gasteiger partial charge on any atom is -0.383 e. The summed E-state index contributed by atoms with van der Waals surface area (Å²) in [6.07, 6.45) is 2.00. The minimum atomic E-state index is 0.307. The summed E-state index contributed by atoms with van der Waals surface area (Å²) in [6.45, 7) is 2.94. The van der Waals surface area contributed by atoms with Crippen LogP contribution in [0, 0.1) is 0 Å². The average Bonchev–Trinajstić information content (AvgIpc) is 3.23. The molecule has 26 heavy (non-hydrogen) atoms. The largest absolute Gasteiger partial charge is 0.383 e. The fourth-order valence-corrected chi connectivity index (χ4v) is 4.30. The maximum Gasteiger partial charge on any atom is 0.147 e. The third-order valence-corrected chi connectivity index (χ3v) is 5.94. The van der Waals surface area contributed by atoms with Gasteiger partial charge in [0.15, 0.2) is 0 Å². The van der Waals surface area contributed by atoms with E-state index < -0.39 is 0 Å². The van der Waals surface area contributed by atoms with E-state index in [4.69, 9.17) is 10.5 Å². The Kier molecular flexibility index (Phi) is 5.31. The van der Waals surface area contributed by atoms with Gasteiger partial charge in [-0.3, -0.25) is 0 Å². The number of hydrogen-bond donors (Lipinski definition) is 2. The summed E-state index contributed by atoms with van der Waals surface area (Å²) < 4.78 is 8.80. The molecule has 4 rings (SSSR count). The van der Waals surface area contributed by atoms with Crippen molar-refractivity contribution in [2.75, 3.05) is 13.7 Å². The van der Waals surface area contributed by atoms with Gasteiger partial charge < -0.3 is 20.4 Å². The Morgan fingerprint density at radius 1 is 1.27 bits per heavy atom. The second-order valence-electron chi connectivity index (χ2n) is 6.94. The standard InChI is InChI=1S/C19H25N5OS/c1-25-6-5-24-18(22-23-19(24)15-9-16(20)10-15)12-21-11-13-2-3-17-14(8-13)4-7-26-17/h2-4,7-8,15-16,21H,5-6,9-12,20H2,1H3. The molecule has 0 bridgehead atoms. The maximum atomic E-state index is 5.95. The van der Waals surface area contributed by atoms with Gasteiger partial charge in [-0.25, -0.2) is 0 Å². The second kappa shape index (κ2) is 7.84. The average molecular weight is 372 g/mol. The van der Waals surface area contributed by atoms with Crippen LogP contribution in [-0.4, -0.2) is 34.5 Å². The van der Waals surface area contributed by atoms with Crippen molar-refractivity contribution in [3.8, 4) is 0 Å². The van der Waals surface area contributed by atoms with Gasteiger partial charge in [0.05, 0.1) is 13.2 Å². The van der Waals surface area contributed by atoms with Crippen LogP contribution in [0.2, 0.25) is 0 Å². The molecule has 3 N–H and O–H groups in total. The number of aromatic nitrogens is 3. The topological polar surface area (TPSA) is 78.0 Å². The molecule has 1 aliphatic rings. The molecular formula is C19H25N5OS. The molecule has 0 atom stereocenters. The monoisotopic (exact) mass is 371 g/mol. The minimum absolute atomic E-state index is 0.307. The Morgan fingerprint density at radius 3 is 2.96 bits per heavy atom. The van der Waals surface area contributed by atoms with Gasteiger partial charge in [0.1, 0.15) is 11.6 Å². The van der Waals surface area contributed by atoms with Crippen LogP contribution >= 0.6 is 11.3 Å². The first kappa shape index (κ1) is 17.6. The van der Waals surface area contributed by atoms with E-state index in [-0.39, 0.29) is 0 Å². The molecule has 2 heterocycles. The smallest absolute Gasteiger partial charge is 0.147 e. The molecule has 0 spiro atoms. The van der Waals surface area contributed by atoms with Crippen molar-refractivity contribution >= 4 is 21.4 Å². The Bertz CT molecular complexity index is 868. The molecule has 1 aliphatic carbocycles. The van der Waals surface area contributed by atoms with Crippen molar-refractivity contribution in [1.82, 2.24) is 20.1 Å². The summed E-state index contributed by atoms with van der Waals surface area (Å²) in [6, 6.07) is 9.09. The van der Waals surface area contributed by atoms with E-state index in [0.29, 0.717) is 25.1 Å². The molecule has 0 radical (unpaired) electrons. The van der Waals surface area contributed by atoms with E-state index in [1.54, 1.807) is 18.4 Å². The van der Waals surface area contributed by atoms with Crippen molar-refractivity contribution in [1.29, 1.82) is 0 Å². The lowest BCUT2D eigenvalue weighted by Gasteiger charge is -2.31. The number of hydrogen-bond acceptors (Lipinski definition) is 6. The predicted octanol–water partition coefficient (Wildman–Crippen LogP) is 2.63. The van der Waals surface area contributed by atoms with Crippen LogP contribution in [0.25, 0.3) is 10.1 Å². The van der Waals surface area contributed by atoms with Gasteiger partial charge in [-0.1, -0.05) is 6.07 Å². The molecule has 7 heteroatoms. The molecule has 3 aromatic rings. The van der Waals surface area contributed by atoms with Crippen LogP contribution in [0.5, 0.6) is 0 Å². The van der Waals surface area contributed by atoms with Crippen molar-refractivity contribution in [3.63, 3.8) is 0 Å². The molecule has 138 valence electrons. The summed E-state index contributed by atoms with van der Waals surface area (Å²) in [5, 5.41) is 15.8. The third kappa shape index (κ3) is 3.66. The zero-order valence-electron chi connectivity index (χ0n) is 15.0. The first-order valence-corrected chi connectivity index (χ1v) is 9.96. The highest BCUT2D eigenvalue weighted by atomic mass is 32.1. The van der Waals surface area contributed by atoms with Crippen molar-refractivity contribution in [3.05, 3.63) is 46.9 Å². The molecular weight excluding hydrogens is 346 g/mol. The van der Waals surface area contributed by atoms with Crippen LogP contribution in [0.15, 0.2) is 29.6 Å². The lowest BCUT2D eigenvalue weighted by molar-refractivity contribution is 0.183. The van der Waals surface area contributed by atoms with Gasteiger partial charge in [0, 0.05) is 36.9 Å². The van der Waals surface area contributed by atoms with Crippen LogP contribution in [0.3, 0.4) is 0 Å². The Balaban J connectivity index is 1.41. The van der Waals surface area contributed by atoms with Gasteiger partial charge in [-0.05, 0) is 47.4 Å². The van der Waals surface area contributed by atoms with Gasteiger partial charge in [-0.15, -0.1) is 21.5 Å². The van der Waals surface area contributed by atoms with Gasteiger partial charge in [0.25, 0.3) is 0 Å². The Labute approximate surface area is 157 Å².